The fourth-order valence-electron chi connectivity index (χ4n) is 26.1. The second kappa shape index (κ2) is 49.8. The minimum absolute atomic E-state index is 0. The van der Waals surface area contributed by atoms with Crippen LogP contribution in [-0.4, -0.2) is 0 Å². The van der Waals surface area contributed by atoms with E-state index in [0.29, 0.717) is 93.7 Å². The Morgan fingerprint density at radius 3 is 0.923 bits per heavy atom. The summed E-state index contributed by atoms with van der Waals surface area (Å²) < 4.78 is 0. The van der Waals surface area contributed by atoms with E-state index in [9.17, 15) is 0 Å². The van der Waals surface area contributed by atoms with Crippen LogP contribution >= 0.6 is 51.1 Å². The van der Waals surface area contributed by atoms with Crippen molar-refractivity contribution in [3.63, 3.8) is 0 Å². The Bertz CT molecular complexity index is 5590. The van der Waals surface area contributed by atoms with Gasteiger partial charge >= 0.3 is 144 Å². The van der Waals surface area contributed by atoms with E-state index in [1.807, 2.05) is 0 Å². The van der Waals surface area contributed by atoms with Gasteiger partial charge in [0.05, 0.1) is 0 Å². The summed E-state index contributed by atoms with van der Waals surface area (Å²) in [6, 6.07) is 63.4. The van der Waals surface area contributed by atoms with Crippen molar-refractivity contribution in [2.24, 2.45) is 133 Å². The molecule has 8 aromatic rings. The van der Waals surface area contributed by atoms with Crippen LogP contribution in [0.2, 0.25) is 0 Å². The second-order valence-corrected chi connectivity index (χ2v) is 78.7. The van der Waals surface area contributed by atoms with Gasteiger partial charge < -0.3 is 24.6 Å². The number of hydrogen-bond donors (Lipinski definition) is 0. The second-order valence-electron chi connectivity index (χ2n) is 52.6. The molecule has 0 nitrogen and oxygen atoms in total. The zero-order chi connectivity index (χ0) is 101. The topological polar surface area (TPSA) is 0 Å². The van der Waals surface area contributed by atoms with Gasteiger partial charge in [-0.1, -0.05) is 468 Å². The number of halogens is 6. The Kier molecular flexibility index (Phi) is 43.6. The molecule has 4 saturated carbocycles. The van der Waals surface area contributed by atoms with E-state index >= 15 is 0 Å². The molecule has 0 spiro atoms. The Morgan fingerprint density at radius 2 is 0.664 bits per heavy atom. The van der Waals surface area contributed by atoms with Crippen LogP contribution in [0.25, 0.3) is 43.4 Å². The summed E-state index contributed by atoms with van der Waals surface area (Å²) in [5.74, 6) is 11.7. The normalized spacial score (nSPS) is 25.4. The molecule has 17 atom stereocenters. The van der Waals surface area contributed by atoms with Crippen LogP contribution < -0.4 is 56.6 Å². The van der Waals surface area contributed by atoms with E-state index in [1.54, 1.807) is 16.7 Å². The van der Waals surface area contributed by atoms with Crippen LogP contribution in [0.4, 0.5) is 0 Å². The monoisotopic (exact) mass is 2170 g/mol. The summed E-state index contributed by atoms with van der Waals surface area (Å²) >= 11 is -4.12. The molecule has 10 aliphatic rings. The van der Waals surface area contributed by atoms with Crippen LogP contribution in [0.5, 0.6) is 0 Å². The molecule has 18 rings (SSSR count). The minimum atomic E-state index is -3.29. The first kappa shape index (κ1) is 125. The standard InChI is InChI=1S/2C42H56.C42H48.C4H9.2CH3.6ClH.3Li.2Zr.2H/c3*1-26-22-30(42(8,9)10)25-35(26)39(32-17-13-15-27-14-11-12-16-31(27)32)38-33-20-18-28(40(2,3)4)23-36(33)37-24-29(41(5,6)7)19-21-34(37)38;1-3-4-2;;;;;;;;;;;;;;;/h2*11-21,23-24,26,30,33-39H,22,25H2,1-10H3;11-21,23-25,38-39H,22H2,1-10H3;1,3-4H2,2H3;2*1H3;6*1H;;;;;;;/q;;;3*-1;;;;;;;3*+1;2*+4;2*-1/p-6. The van der Waals surface area contributed by atoms with Gasteiger partial charge in [-0.3, -0.25) is 0 Å². The van der Waals surface area contributed by atoms with Crippen LogP contribution in [0.3, 0.4) is 0 Å². The summed E-state index contributed by atoms with van der Waals surface area (Å²) in [6.07, 6.45) is 43.0. The molecule has 0 radical (unpaired) electrons. The zero-order valence-corrected chi connectivity index (χ0v) is 105. The van der Waals surface area contributed by atoms with Crippen molar-refractivity contribution in [3.05, 3.63) is 343 Å². The molecule has 10 aliphatic carbocycles. The third kappa shape index (κ3) is 28.9. The number of unbranched alkanes of at least 4 members (excludes halogenated alkanes) is 1. The van der Waals surface area contributed by atoms with Crippen molar-refractivity contribution < 1.29 is 95.8 Å². The summed E-state index contributed by atoms with van der Waals surface area (Å²) in [6.45, 7) is 77.9. The maximum atomic E-state index is 5.04. The number of benzene rings is 8. The predicted octanol–water partition coefficient (Wildman–Crippen LogP) is 33.5. The zero-order valence-electron chi connectivity index (χ0n) is 97.1. The van der Waals surface area contributed by atoms with E-state index in [2.05, 4.69) is 464 Å². The summed E-state index contributed by atoms with van der Waals surface area (Å²) in [5.41, 5.74) is 25.7. The van der Waals surface area contributed by atoms with Crippen molar-refractivity contribution in [1.29, 1.82) is 0 Å². The minimum Gasteiger partial charge on any atom is -1.00 e. The van der Waals surface area contributed by atoms with Crippen molar-refractivity contribution in [2.45, 2.75) is 294 Å². The summed E-state index contributed by atoms with van der Waals surface area (Å²) in [4.78, 5) is 0. The Balaban J connectivity index is 0.000000307. The van der Waals surface area contributed by atoms with Crippen LogP contribution in [0, 0.1) is 154 Å². The Hall–Kier alpha value is -2.76. The number of rotatable bonds is 10. The van der Waals surface area contributed by atoms with Crippen molar-refractivity contribution in [2.75, 3.05) is 0 Å². The van der Waals surface area contributed by atoms with Gasteiger partial charge in [0.15, 0.2) is 0 Å². The van der Waals surface area contributed by atoms with Gasteiger partial charge in [-0.25, -0.2) is 0 Å². The van der Waals surface area contributed by atoms with E-state index < -0.39 is 36.3 Å². The van der Waals surface area contributed by atoms with Crippen molar-refractivity contribution in [1.82, 2.24) is 0 Å². The molecule has 0 amide bonds. The molecule has 758 valence electrons. The molecular weight excluding hydrogens is 2000 g/mol. The molecule has 4 fully saturated rings. The SMILES string of the molecule is CC1=C(C(c2cccc3ccccc23)C2c3ccc(C(C)(C)C)cc3-c3cc(C(C)(C)C)ccc32)C=C(C(C)(C)C)C1.CC1CC(C(C)(C)C)CC1C(c1cccc2ccccc12)C1C2C=CC(C(C)(C)C)=CC2C2C=C(C(C)(C)C)C=CC21.CC1CC(C(C)(C)C)CC1C(c1cccc2ccccc12)C1C2C=CC(C(C)(C)C)=CC2C2C=C(C(C)(C)C)C=CC21.[CH2-]CCC.[CH3-].[CH3-].[Cl][Zr+2][Cl].[Cl][Zr]([Cl])([Cl])[Cl].[H-].[H-].[Li+].[Li+].[Li+]. The van der Waals surface area contributed by atoms with Crippen LogP contribution in [0.1, 0.15) is 325 Å². The fourth-order valence-corrected chi connectivity index (χ4v) is 26.1. The largest absolute Gasteiger partial charge is 1.00 e. The molecule has 0 bridgehead atoms. The van der Waals surface area contributed by atoms with Gasteiger partial charge in [0.25, 0.3) is 0 Å². The summed E-state index contributed by atoms with van der Waals surface area (Å²) in [5, 5.41) is 8.44. The quantitative estimate of drug-likeness (QED) is 0.0946. The molecular formula is C132H177Cl6Li3Zr2. The van der Waals surface area contributed by atoms with E-state index in [4.69, 9.17) is 51.1 Å². The van der Waals surface area contributed by atoms with Gasteiger partial charge in [0.1, 0.15) is 0 Å². The van der Waals surface area contributed by atoms with Gasteiger partial charge in [-0.15, -0.1) is 0 Å². The third-order valence-electron chi connectivity index (χ3n) is 34.1. The Labute approximate surface area is 948 Å². The third-order valence-corrected chi connectivity index (χ3v) is 34.1. The van der Waals surface area contributed by atoms with E-state index in [-0.39, 0.29) is 124 Å². The van der Waals surface area contributed by atoms with Gasteiger partial charge in [0, 0.05) is 11.8 Å². The molecule has 0 N–H and O–H groups in total. The fraction of sp³-hybridized carbons (Fsp3) is 0.508. The molecule has 11 heteroatoms. The van der Waals surface area contributed by atoms with Gasteiger partial charge in [-0.2, -0.15) is 6.42 Å². The van der Waals surface area contributed by atoms with Gasteiger partial charge in [0.2, 0.25) is 0 Å². The molecule has 0 aliphatic heterocycles. The first-order chi connectivity index (χ1) is 64.3. The first-order valence-corrected chi connectivity index (χ1v) is 71.5. The number of fused-ring (bicyclic) bond motifs is 12. The average Bonchev–Trinajstić information content (AvgIpc) is 1.57. The molecule has 143 heavy (non-hydrogen) atoms. The van der Waals surface area contributed by atoms with Crippen LogP contribution in [0.15, 0.2) is 282 Å². The Morgan fingerprint density at radius 1 is 0.385 bits per heavy atom. The first-order valence-electron chi connectivity index (χ1n) is 52.5. The number of hydrogen-bond acceptors (Lipinski definition) is 0. The smallest absolute Gasteiger partial charge is 1.00 e. The molecule has 8 aromatic carbocycles. The average molecular weight is 2180 g/mol. The maximum absolute atomic E-state index is 5.04. The molecule has 17 unspecified atom stereocenters. The summed E-state index contributed by atoms with van der Waals surface area (Å²) in [7, 11) is 30.0. The van der Waals surface area contributed by atoms with E-state index in [0.717, 1.165) is 36.5 Å². The molecule has 0 aromatic heterocycles. The van der Waals surface area contributed by atoms with Gasteiger partial charge in [-0.05, 0) is 305 Å². The molecule has 0 saturated heterocycles. The van der Waals surface area contributed by atoms with E-state index in [1.165, 1.54) is 137 Å². The van der Waals surface area contributed by atoms with Crippen LogP contribution in [-0.2, 0) is 47.2 Å². The molecule has 0 heterocycles. The number of allylic oxidation sites excluding steroid dienone is 20. The predicted molar refractivity (Wildman–Crippen MR) is 618 cm³/mol. The van der Waals surface area contributed by atoms with Crippen molar-refractivity contribution >= 4 is 83.4 Å². The maximum Gasteiger partial charge on any atom is 1.00 e. The van der Waals surface area contributed by atoms with Crippen molar-refractivity contribution in [3.8, 4) is 11.1 Å².